The van der Waals surface area contributed by atoms with Crippen LogP contribution in [-0.2, 0) is 0 Å². The molecule has 0 aliphatic carbocycles. The van der Waals surface area contributed by atoms with Gasteiger partial charge in [-0.15, -0.1) is 0 Å². The molecule has 0 amide bonds. The maximum absolute atomic E-state index is 6.04. The molecule has 1 aliphatic heterocycles. The fourth-order valence-corrected chi connectivity index (χ4v) is 2.61. The molecule has 0 saturated carbocycles. The molecule has 0 spiro atoms. The van der Waals surface area contributed by atoms with Gasteiger partial charge in [0.25, 0.3) is 0 Å². The Hall–Kier alpha value is -1.03. The number of nitrogens with two attached hydrogens (primary N) is 1. The van der Waals surface area contributed by atoms with Crippen LogP contribution < -0.4 is 5.73 Å². The maximum Gasteiger partial charge on any atom is 0.124 e. The Bertz CT molecular complexity index is 361. The van der Waals surface area contributed by atoms with E-state index in [0.717, 1.165) is 30.1 Å². The van der Waals surface area contributed by atoms with Crippen LogP contribution in [0.25, 0.3) is 0 Å². The summed E-state index contributed by atoms with van der Waals surface area (Å²) in [6, 6.07) is 0.493. The molecule has 1 fully saturated rings. The Morgan fingerprint density at radius 3 is 2.53 bits per heavy atom. The van der Waals surface area contributed by atoms with E-state index < -0.39 is 0 Å². The summed E-state index contributed by atoms with van der Waals surface area (Å²) in [5, 5.41) is 4.40. The average Bonchev–Trinajstić information content (AvgIpc) is 2.60. The lowest BCUT2D eigenvalue weighted by atomic mass is 10.0. The van der Waals surface area contributed by atoms with Gasteiger partial charge in [-0.25, -0.2) is 4.68 Å². The largest absolute Gasteiger partial charge is 0.384 e. The monoisotopic (exact) mass is 236 g/mol. The van der Waals surface area contributed by atoms with Crippen LogP contribution in [0.1, 0.15) is 38.3 Å². The topological polar surface area (TPSA) is 47.1 Å². The van der Waals surface area contributed by atoms with Crippen molar-refractivity contribution in [2.75, 3.05) is 25.4 Å². The van der Waals surface area contributed by atoms with Crippen molar-refractivity contribution in [3.63, 3.8) is 0 Å². The van der Waals surface area contributed by atoms with Crippen molar-refractivity contribution in [2.45, 2.75) is 39.7 Å². The minimum atomic E-state index is 0.493. The molecule has 2 rings (SSSR count). The third-order valence-electron chi connectivity index (χ3n) is 3.55. The van der Waals surface area contributed by atoms with Gasteiger partial charge in [-0.05, 0) is 25.7 Å². The Labute approximate surface area is 104 Å². The third kappa shape index (κ3) is 2.80. The molecule has 0 atom stereocenters. The van der Waals surface area contributed by atoms with E-state index in [4.69, 9.17) is 5.73 Å². The van der Waals surface area contributed by atoms with Gasteiger partial charge in [0.2, 0.25) is 0 Å². The van der Waals surface area contributed by atoms with Gasteiger partial charge in [0.15, 0.2) is 0 Å². The Morgan fingerprint density at radius 1 is 1.41 bits per heavy atom. The van der Waals surface area contributed by atoms with Gasteiger partial charge in [0, 0.05) is 25.2 Å². The van der Waals surface area contributed by atoms with E-state index in [-0.39, 0.29) is 0 Å². The minimum absolute atomic E-state index is 0.493. The zero-order valence-electron chi connectivity index (χ0n) is 11.2. The molecular formula is C13H24N4. The molecule has 1 saturated heterocycles. The van der Waals surface area contributed by atoms with Crippen LogP contribution in [0.2, 0.25) is 0 Å². The number of nitrogens with zero attached hydrogens (tertiary/aromatic N) is 3. The number of hydrogen-bond acceptors (Lipinski definition) is 3. The molecule has 0 unspecified atom stereocenters. The first kappa shape index (κ1) is 12.4. The number of piperidine rings is 1. The predicted octanol–water partition coefficient (Wildman–Crippen LogP) is 2.07. The van der Waals surface area contributed by atoms with E-state index in [1.807, 2.05) is 17.8 Å². The van der Waals surface area contributed by atoms with E-state index >= 15 is 0 Å². The van der Waals surface area contributed by atoms with Crippen LogP contribution in [0.5, 0.6) is 0 Å². The van der Waals surface area contributed by atoms with E-state index in [1.165, 1.54) is 19.6 Å². The van der Waals surface area contributed by atoms with Crippen molar-refractivity contribution < 1.29 is 0 Å². The van der Waals surface area contributed by atoms with Crippen molar-refractivity contribution in [3.8, 4) is 0 Å². The molecule has 1 aliphatic rings. The van der Waals surface area contributed by atoms with Crippen LogP contribution in [0.4, 0.5) is 5.82 Å². The third-order valence-corrected chi connectivity index (χ3v) is 3.55. The van der Waals surface area contributed by atoms with Crippen LogP contribution in [0.3, 0.4) is 0 Å². The predicted molar refractivity (Wildman–Crippen MR) is 70.9 cm³/mol. The number of anilines is 1. The van der Waals surface area contributed by atoms with E-state index in [9.17, 15) is 0 Å². The summed E-state index contributed by atoms with van der Waals surface area (Å²) in [7, 11) is 0. The van der Waals surface area contributed by atoms with Crippen LogP contribution >= 0.6 is 0 Å². The number of aryl methyl sites for hydroxylation is 1. The van der Waals surface area contributed by atoms with Gasteiger partial charge >= 0.3 is 0 Å². The molecule has 1 aromatic heterocycles. The molecule has 0 bridgehead atoms. The molecule has 2 N–H and O–H groups in total. The normalized spacial score (nSPS) is 19.1. The second-order valence-electron chi connectivity index (χ2n) is 5.58. The van der Waals surface area contributed by atoms with Crippen molar-refractivity contribution >= 4 is 5.82 Å². The summed E-state index contributed by atoms with van der Waals surface area (Å²) < 4.78 is 2.02. The molecule has 2 heterocycles. The zero-order chi connectivity index (χ0) is 12.4. The van der Waals surface area contributed by atoms with Crippen LogP contribution in [0, 0.1) is 12.8 Å². The van der Waals surface area contributed by atoms with Crippen molar-refractivity contribution in [1.29, 1.82) is 0 Å². The molecule has 17 heavy (non-hydrogen) atoms. The first-order chi connectivity index (χ1) is 8.08. The molecule has 4 nitrogen and oxygen atoms in total. The number of hydrogen-bond donors (Lipinski definition) is 1. The van der Waals surface area contributed by atoms with Gasteiger partial charge in [-0.2, -0.15) is 5.10 Å². The minimum Gasteiger partial charge on any atom is -0.384 e. The number of rotatable bonds is 3. The lowest BCUT2D eigenvalue weighted by molar-refractivity contribution is 0.165. The molecule has 1 aromatic rings. The fraction of sp³-hybridized carbons (Fsp3) is 0.769. The first-order valence-corrected chi connectivity index (χ1v) is 6.60. The highest BCUT2D eigenvalue weighted by Crippen LogP contribution is 2.25. The second kappa shape index (κ2) is 5.08. The lowest BCUT2D eigenvalue weighted by Crippen LogP contribution is -2.37. The quantitative estimate of drug-likeness (QED) is 0.874. The average molecular weight is 236 g/mol. The van der Waals surface area contributed by atoms with Gasteiger partial charge < -0.3 is 10.6 Å². The summed E-state index contributed by atoms with van der Waals surface area (Å²) >= 11 is 0. The summed E-state index contributed by atoms with van der Waals surface area (Å²) in [4.78, 5) is 2.55. The summed E-state index contributed by atoms with van der Waals surface area (Å²) in [6.07, 6.45) is 4.20. The standard InChI is InChI=1S/C13H24N4/c1-10(2)9-16-6-4-12(5-7-16)17-13(14)11(3)8-15-17/h8,10,12H,4-7,9,14H2,1-3H3. The van der Waals surface area contributed by atoms with E-state index in [0.29, 0.717) is 6.04 Å². The Balaban J connectivity index is 1.93. The fourth-order valence-electron chi connectivity index (χ4n) is 2.61. The van der Waals surface area contributed by atoms with Gasteiger partial charge in [0.05, 0.1) is 12.2 Å². The maximum atomic E-state index is 6.04. The summed E-state index contributed by atoms with van der Waals surface area (Å²) in [5.41, 5.74) is 7.13. The first-order valence-electron chi connectivity index (χ1n) is 6.60. The smallest absolute Gasteiger partial charge is 0.124 e. The van der Waals surface area contributed by atoms with Crippen molar-refractivity contribution in [3.05, 3.63) is 11.8 Å². The highest BCUT2D eigenvalue weighted by Gasteiger charge is 2.22. The SMILES string of the molecule is Cc1cnn(C2CCN(CC(C)C)CC2)c1N. The molecule has 0 aromatic carbocycles. The zero-order valence-corrected chi connectivity index (χ0v) is 11.2. The van der Waals surface area contributed by atoms with Gasteiger partial charge in [-0.3, -0.25) is 0 Å². The number of aromatic nitrogens is 2. The van der Waals surface area contributed by atoms with Gasteiger partial charge in [0.1, 0.15) is 5.82 Å². The molecular weight excluding hydrogens is 212 g/mol. The molecule has 4 heteroatoms. The Morgan fingerprint density at radius 2 is 2.06 bits per heavy atom. The van der Waals surface area contributed by atoms with E-state index in [1.54, 1.807) is 0 Å². The highest BCUT2D eigenvalue weighted by atomic mass is 15.3. The van der Waals surface area contributed by atoms with Crippen LogP contribution in [-0.4, -0.2) is 34.3 Å². The highest BCUT2D eigenvalue weighted by molar-refractivity contribution is 5.37. The Kier molecular flexibility index (Phi) is 3.72. The van der Waals surface area contributed by atoms with E-state index in [2.05, 4.69) is 23.8 Å². The summed E-state index contributed by atoms with van der Waals surface area (Å²) in [6.45, 7) is 10.1. The number of nitrogen functional groups attached to an aromatic ring is 1. The summed E-state index contributed by atoms with van der Waals surface area (Å²) in [5.74, 6) is 1.59. The van der Waals surface area contributed by atoms with Crippen LogP contribution in [0.15, 0.2) is 6.20 Å². The molecule has 96 valence electrons. The van der Waals surface area contributed by atoms with Crippen molar-refractivity contribution in [1.82, 2.24) is 14.7 Å². The molecule has 0 radical (unpaired) electrons. The van der Waals surface area contributed by atoms with Gasteiger partial charge in [-0.1, -0.05) is 13.8 Å². The second-order valence-corrected chi connectivity index (χ2v) is 5.58. The van der Waals surface area contributed by atoms with Crippen molar-refractivity contribution in [2.24, 2.45) is 5.92 Å². The number of likely N-dealkylation sites (tertiary alicyclic amines) is 1. The lowest BCUT2D eigenvalue weighted by Gasteiger charge is -2.33.